The number of para-hydroxylation sites is 1. The number of thioether (sulfide) groups is 1. The number of ether oxygens (including phenoxy) is 4. The number of amides is 2. The summed E-state index contributed by atoms with van der Waals surface area (Å²) >= 11 is 0.691. The van der Waals surface area contributed by atoms with Crippen LogP contribution in [0.2, 0.25) is 0 Å². The average molecular weight is 409 g/mol. The zero-order valence-corrected chi connectivity index (χ0v) is 16.4. The lowest BCUT2D eigenvalue weighted by Crippen LogP contribution is -2.34. The van der Waals surface area contributed by atoms with Gasteiger partial charge in [0.2, 0.25) is 0 Å². The Hall–Kier alpha value is -3.01. The number of methoxy groups -OCH3 is 2. The Kier molecular flexibility index (Phi) is 7.44. The Morgan fingerprint density at radius 3 is 2.57 bits per heavy atom. The maximum Gasteiger partial charge on any atom is 0.343 e. The molecule has 28 heavy (non-hydrogen) atoms. The molecule has 0 aliphatic carbocycles. The van der Waals surface area contributed by atoms with E-state index in [-0.39, 0.29) is 23.9 Å². The molecule has 150 valence electrons. The van der Waals surface area contributed by atoms with Gasteiger partial charge in [0, 0.05) is 5.56 Å². The molecular formula is C18H19NO8S. The Morgan fingerprint density at radius 2 is 1.93 bits per heavy atom. The first kappa shape index (κ1) is 21.3. The van der Waals surface area contributed by atoms with Crippen LogP contribution in [-0.2, 0) is 23.9 Å². The lowest BCUT2D eigenvalue weighted by atomic mass is 10.1. The molecule has 0 N–H and O–H groups in total. The molecule has 1 aromatic carbocycles. The summed E-state index contributed by atoms with van der Waals surface area (Å²) in [7, 11) is 2.66. The van der Waals surface area contributed by atoms with Crippen LogP contribution in [0.15, 0.2) is 23.1 Å². The zero-order valence-electron chi connectivity index (χ0n) is 15.6. The smallest absolute Gasteiger partial charge is 0.343 e. The molecule has 1 aliphatic rings. The highest BCUT2D eigenvalue weighted by Gasteiger charge is 2.36. The maximum absolute atomic E-state index is 12.5. The van der Waals surface area contributed by atoms with Gasteiger partial charge in [-0.25, -0.2) is 4.79 Å². The monoisotopic (exact) mass is 409 g/mol. The van der Waals surface area contributed by atoms with Crippen LogP contribution < -0.4 is 9.47 Å². The first-order valence-electron chi connectivity index (χ1n) is 8.18. The Balaban J connectivity index is 2.29. The van der Waals surface area contributed by atoms with Gasteiger partial charge >= 0.3 is 11.9 Å². The number of nitrogens with zero attached hydrogens (tertiary/aromatic N) is 1. The summed E-state index contributed by atoms with van der Waals surface area (Å²) in [6.45, 7) is 0.960. The molecule has 0 bridgehead atoms. The topological polar surface area (TPSA) is 108 Å². The Morgan fingerprint density at radius 1 is 1.18 bits per heavy atom. The number of carbonyl (C=O) groups excluding carboxylic acids is 4. The minimum atomic E-state index is -0.672. The van der Waals surface area contributed by atoms with Crippen LogP contribution in [0.25, 0.3) is 6.08 Å². The van der Waals surface area contributed by atoms with Crippen LogP contribution in [0.5, 0.6) is 11.5 Å². The molecule has 1 fully saturated rings. The van der Waals surface area contributed by atoms with Gasteiger partial charge in [0.1, 0.15) is 6.54 Å². The number of carbonyl (C=O) groups is 4. The van der Waals surface area contributed by atoms with Crippen LogP contribution in [0, 0.1) is 0 Å². The number of imide groups is 1. The molecule has 0 spiro atoms. The third-order valence-electron chi connectivity index (χ3n) is 3.54. The van der Waals surface area contributed by atoms with Gasteiger partial charge in [0.25, 0.3) is 11.1 Å². The average Bonchev–Trinajstić information content (AvgIpc) is 2.94. The molecule has 1 aromatic rings. The predicted octanol–water partition coefficient (Wildman–Crippen LogP) is 1.85. The van der Waals surface area contributed by atoms with Gasteiger partial charge in [0.15, 0.2) is 18.1 Å². The lowest BCUT2D eigenvalue weighted by molar-refractivity contribution is -0.146. The summed E-state index contributed by atoms with van der Waals surface area (Å²) in [6, 6.07) is 4.92. The molecular weight excluding hydrogens is 390 g/mol. The summed E-state index contributed by atoms with van der Waals surface area (Å²) in [5.74, 6) is -1.33. The first-order valence-corrected chi connectivity index (χ1v) is 9.00. The standard InChI is InChI=1S/C18H19NO8S/c1-4-26-14(20)9-19-17(22)13(28-18(19)23)8-11-6-5-7-12(24-2)16(11)27-10-15(21)25-3/h5-8H,4,9-10H2,1-3H3. The quantitative estimate of drug-likeness (QED) is 0.469. The van der Waals surface area contributed by atoms with Crippen molar-refractivity contribution in [2.75, 3.05) is 34.0 Å². The van der Waals surface area contributed by atoms with E-state index >= 15 is 0 Å². The molecule has 0 radical (unpaired) electrons. The van der Waals surface area contributed by atoms with Crippen molar-refractivity contribution >= 4 is 40.9 Å². The maximum atomic E-state index is 12.5. The SMILES string of the molecule is CCOC(=O)CN1C(=O)SC(=Cc2cccc(OC)c2OCC(=O)OC)C1=O. The molecule has 2 rings (SSSR count). The molecule has 0 atom stereocenters. The minimum Gasteiger partial charge on any atom is -0.493 e. The molecule has 1 saturated heterocycles. The van der Waals surface area contributed by atoms with Gasteiger partial charge in [-0.15, -0.1) is 0 Å². The Bertz CT molecular complexity index is 820. The molecule has 9 nitrogen and oxygen atoms in total. The van der Waals surface area contributed by atoms with E-state index in [1.54, 1.807) is 25.1 Å². The van der Waals surface area contributed by atoms with Crippen molar-refractivity contribution in [2.45, 2.75) is 6.92 Å². The van der Waals surface area contributed by atoms with Gasteiger partial charge in [-0.3, -0.25) is 19.3 Å². The van der Waals surface area contributed by atoms with Gasteiger partial charge in [-0.2, -0.15) is 0 Å². The van der Waals surface area contributed by atoms with E-state index in [0.717, 1.165) is 4.90 Å². The van der Waals surface area contributed by atoms with Crippen molar-refractivity contribution < 1.29 is 38.1 Å². The molecule has 1 heterocycles. The summed E-state index contributed by atoms with van der Waals surface area (Å²) in [5, 5.41) is -0.579. The zero-order chi connectivity index (χ0) is 20.7. The predicted molar refractivity (Wildman–Crippen MR) is 99.8 cm³/mol. The molecule has 0 unspecified atom stereocenters. The van der Waals surface area contributed by atoms with Crippen molar-refractivity contribution in [3.63, 3.8) is 0 Å². The largest absolute Gasteiger partial charge is 0.493 e. The molecule has 0 aromatic heterocycles. The highest BCUT2D eigenvalue weighted by Crippen LogP contribution is 2.37. The van der Waals surface area contributed by atoms with E-state index in [4.69, 9.17) is 14.2 Å². The van der Waals surface area contributed by atoms with E-state index in [0.29, 0.717) is 23.1 Å². The van der Waals surface area contributed by atoms with Crippen LogP contribution in [-0.4, -0.2) is 62.0 Å². The number of hydrogen-bond acceptors (Lipinski definition) is 9. The molecule has 2 amide bonds. The van der Waals surface area contributed by atoms with E-state index < -0.39 is 29.6 Å². The minimum absolute atomic E-state index is 0.102. The third kappa shape index (κ3) is 5.03. The van der Waals surface area contributed by atoms with E-state index in [1.165, 1.54) is 20.3 Å². The lowest BCUT2D eigenvalue weighted by Gasteiger charge is -2.13. The highest BCUT2D eigenvalue weighted by molar-refractivity contribution is 8.18. The van der Waals surface area contributed by atoms with E-state index in [2.05, 4.69) is 4.74 Å². The second kappa shape index (κ2) is 9.79. The van der Waals surface area contributed by atoms with Crippen molar-refractivity contribution in [1.82, 2.24) is 4.90 Å². The van der Waals surface area contributed by atoms with Gasteiger partial charge in [0.05, 0.1) is 25.7 Å². The van der Waals surface area contributed by atoms with E-state index in [9.17, 15) is 19.2 Å². The number of benzene rings is 1. The fourth-order valence-electron chi connectivity index (χ4n) is 2.26. The Labute approximate surface area is 165 Å². The fraction of sp³-hybridized carbons (Fsp3) is 0.333. The number of rotatable bonds is 8. The normalized spacial score (nSPS) is 15.0. The second-order valence-corrected chi connectivity index (χ2v) is 6.31. The van der Waals surface area contributed by atoms with Crippen molar-refractivity contribution in [3.05, 3.63) is 28.7 Å². The van der Waals surface area contributed by atoms with Crippen molar-refractivity contribution in [3.8, 4) is 11.5 Å². The van der Waals surface area contributed by atoms with Crippen molar-refractivity contribution in [1.29, 1.82) is 0 Å². The van der Waals surface area contributed by atoms with Crippen LogP contribution >= 0.6 is 11.8 Å². The molecule has 0 saturated carbocycles. The second-order valence-electron chi connectivity index (χ2n) is 5.32. The summed E-state index contributed by atoms with van der Waals surface area (Å²) < 4.78 is 20.0. The van der Waals surface area contributed by atoms with Crippen LogP contribution in [0.1, 0.15) is 12.5 Å². The van der Waals surface area contributed by atoms with Gasteiger partial charge in [-0.05, 0) is 30.8 Å². The summed E-state index contributed by atoms with van der Waals surface area (Å²) in [4.78, 5) is 48.5. The van der Waals surface area contributed by atoms with Gasteiger partial charge < -0.3 is 18.9 Å². The van der Waals surface area contributed by atoms with E-state index in [1.807, 2.05) is 0 Å². The number of esters is 2. The van der Waals surface area contributed by atoms with Crippen LogP contribution in [0.4, 0.5) is 4.79 Å². The number of hydrogen-bond donors (Lipinski definition) is 0. The highest BCUT2D eigenvalue weighted by atomic mass is 32.2. The fourth-order valence-corrected chi connectivity index (χ4v) is 3.09. The summed E-state index contributed by atoms with van der Waals surface area (Å²) in [5.41, 5.74) is 0.421. The van der Waals surface area contributed by atoms with Gasteiger partial charge in [-0.1, -0.05) is 12.1 Å². The summed E-state index contributed by atoms with van der Waals surface area (Å²) in [6.07, 6.45) is 1.44. The third-order valence-corrected chi connectivity index (χ3v) is 4.45. The molecule has 1 aliphatic heterocycles. The molecule has 10 heteroatoms. The van der Waals surface area contributed by atoms with Crippen molar-refractivity contribution in [2.24, 2.45) is 0 Å². The first-order chi connectivity index (χ1) is 13.4. The van der Waals surface area contributed by atoms with Crippen LogP contribution in [0.3, 0.4) is 0 Å².